The maximum atomic E-state index is 13.7. The molecule has 1 aromatic rings. The highest BCUT2D eigenvalue weighted by Crippen LogP contribution is 2.25. The quantitative estimate of drug-likeness (QED) is 0.905. The summed E-state index contributed by atoms with van der Waals surface area (Å²) < 4.78 is 33.1. The van der Waals surface area contributed by atoms with Gasteiger partial charge in [0.05, 0.1) is 12.2 Å². The molecule has 1 aliphatic heterocycles. The molecular formula is C15H21F2NO. The first-order valence-electron chi connectivity index (χ1n) is 6.82. The van der Waals surface area contributed by atoms with Gasteiger partial charge in [-0.25, -0.2) is 8.78 Å². The molecule has 3 atom stereocenters. The van der Waals surface area contributed by atoms with Gasteiger partial charge in [-0.05, 0) is 45.7 Å². The van der Waals surface area contributed by atoms with Gasteiger partial charge in [0.15, 0.2) is 0 Å². The van der Waals surface area contributed by atoms with Crippen molar-refractivity contribution < 1.29 is 13.5 Å². The number of ether oxygens (including phenoxy) is 1. The van der Waals surface area contributed by atoms with Crippen LogP contribution in [0.4, 0.5) is 8.78 Å². The average molecular weight is 269 g/mol. The lowest BCUT2D eigenvalue weighted by molar-refractivity contribution is -0.0434. The van der Waals surface area contributed by atoms with E-state index in [1.165, 1.54) is 18.2 Å². The van der Waals surface area contributed by atoms with E-state index in [1.54, 1.807) is 6.92 Å². The van der Waals surface area contributed by atoms with E-state index < -0.39 is 11.6 Å². The molecule has 0 bridgehead atoms. The lowest BCUT2D eigenvalue weighted by Crippen LogP contribution is -2.42. The minimum atomic E-state index is -0.492. The second kappa shape index (κ2) is 5.97. The first-order chi connectivity index (χ1) is 8.97. The Kier molecular flexibility index (Phi) is 4.53. The van der Waals surface area contributed by atoms with Crippen molar-refractivity contribution in [3.63, 3.8) is 0 Å². The van der Waals surface area contributed by atoms with Crippen molar-refractivity contribution in [1.29, 1.82) is 0 Å². The van der Waals surface area contributed by atoms with E-state index in [0.29, 0.717) is 0 Å². The normalized spacial score (nSPS) is 29.2. The predicted octanol–water partition coefficient (Wildman–Crippen LogP) is 3.57. The topological polar surface area (TPSA) is 21.3 Å². The molecule has 1 fully saturated rings. The summed E-state index contributed by atoms with van der Waals surface area (Å²) in [6, 6.07) is 3.87. The van der Waals surface area contributed by atoms with Crippen molar-refractivity contribution >= 4 is 0 Å². The summed E-state index contributed by atoms with van der Waals surface area (Å²) in [4.78, 5) is 0. The van der Waals surface area contributed by atoms with Gasteiger partial charge in [-0.2, -0.15) is 0 Å². The standard InChI is InChI=1S/C15H21F2NO/c1-9-7-12(8-10(2)19-9)18-11(3)15-13(16)5-4-6-14(15)17/h4-6,9-12,18H,7-8H2,1-3H3. The SMILES string of the molecule is CC1CC(NC(C)c2c(F)cccc2F)CC(C)O1. The van der Waals surface area contributed by atoms with Gasteiger partial charge in [0.25, 0.3) is 0 Å². The largest absolute Gasteiger partial charge is 0.375 e. The third-order valence-electron chi connectivity index (χ3n) is 3.62. The maximum absolute atomic E-state index is 13.7. The molecular weight excluding hydrogens is 248 g/mol. The first kappa shape index (κ1) is 14.4. The maximum Gasteiger partial charge on any atom is 0.130 e. The lowest BCUT2D eigenvalue weighted by atomic mass is 9.97. The predicted molar refractivity (Wildman–Crippen MR) is 70.9 cm³/mol. The van der Waals surface area contributed by atoms with Crippen LogP contribution >= 0.6 is 0 Å². The Bertz CT molecular complexity index is 408. The molecule has 1 aliphatic rings. The number of benzene rings is 1. The third-order valence-corrected chi connectivity index (χ3v) is 3.62. The lowest BCUT2D eigenvalue weighted by Gasteiger charge is -2.34. The van der Waals surface area contributed by atoms with Gasteiger partial charge in [-0.1, -0.05) is 6.07 Å². The fraction of sp³-hybridized carbons (Fsp3) is 0.600. The van der Waals surface area contributed by atoms with E-state index in [0.717, 1.165) is 12.8 Å². The molecule has 1 aromatic carbocycles. The molecule has 0 spiro atoms. The van der Waals surface area contributed by atoms with Crippen LogP contribution in [0.25, 0.3) is 0 Å². The highest BCUT2D eigenvalue weighted by molar-refractivity contribution is 5.23. The van der Waals surface area contributed by atoms with Gasteiger partial charge in [-0.3, -0.25) is 0 Å². The van der Waals surface area contributed by atoms with Gasteiger partial charge in [0.1, 0.15) is 11.6 Å². The summed E-state index contributed by atoms with van der Waals surface area (Å²) in [6.45, 7) is 5.85. The van der Waals surface area contributed by atoms with Gasteiger partial charge in [0.2, 0.25) is 0 Å². The third kappa shape index (κ3) is 3.51. The van der Waals surface area contributed by atoms with Crippen molar-refractivity contribution in [3.8, 4) is 0 Å². The highest BCUT2D eigenvalue weighted by atomic mass is 19.1. The minimum absolute atomic E-state index is 0.120. The van der Waals surface area contributed by atoms with E-state index in [-0.39, 0.29) is 29.9 Å². The molecule has 2 nitrogen and oxygen atoms in total. The van der Waals surface area contributed by atoms with Crippen LogP contribution in [0.2, 0.25) is 0 Å². The molecule has 1 heterocycles. The molecule has 1 N–H and O–H groups in total. The molecule has 19 heavy (non-hydrogen) atoms. The Morgan fingerprint density at radius 1 is 1.16 bits per heavy atom. The molecule has 3 unspecified atom stereocenters. The molecule has 106 valence electrons. The average Bonchev–Trinajstić information content (AvgIpc) is 2.26. The highest BCUT2D eigenvalue weighted by Gasteiger charge is 2.26. The number of hydrogen-bond donors (Lipinski definition) is 1. The fourth-order valence-corrected chi connectivity index (χ4v) is 2.90. The zero-order valence-electron chi connectivity index (χ0n) is 11.6. The Morgan fingerprint density at radius 2 is 1.68 bits per heavy atom. The zero-order valence-corrected chi connectivity index (χ0v) is 11.6. The van der Waals surface area contributed by atoms with Crippen LogP contribution in [-0.2, 0) is 4.74 Å². The number of rotatable bonds is 3. The summed E-state index contributed by atoms with van der Waals surface area (Å²) in [5, 5.41) is 3.32. The molecule has 4 heteroatoms. The first-order valence-corrected chi connectivity index (χ1v) is 6.82. The number of halogens is 2. The van der Waals surface area contributed by atoms with Gasteiger partial charge < -0.3 is 10.1 Å². The Labute approximate surface area is 113 Å². The molecule has 0 aromatic heterocycles. The van der Waals surface area contributed by atoms with Crippen molar-refractivity contribution in [2.45, 2.75) is 57.9 Å². The summed E-state index contributed by atoms with van der Waals surface area (Å²) in [6.07, 6.45) is 2.09. The van der Waals surface area contributed by atoms with Crippen LogP contribution in [0.1, 0.15) is 45.2 Å². The summed E-state index contributed by atoms with van der Waals surface area (Å²) >= 11 is 0. The van der Waals surface area contributed by atoms with Crippen LogP contribution in [-0.4, -0.2) is 18.2 Å². The van der Waals surface area contributed by atoms with Crippen molar-refractivity contribution in [2.75, 3.05) is 0 Å². The van der Waals surface area contributed by atoms with Crippen LogP contribution in [0.15, 0.2) is 18.2 Å². The molecule has 0 saturated carbocycles. The molecule has 2 rings (SSSR count). The van der Waals surface area contributed by atoms with Crippen LogP contribution in [0, 0.1) is 11.6 Å². The van der Waals surface area contributed by atoms with Gasteiger partial charge in [0, 0.05) is 17.6 Å². The summed E-state index contributed by atoms with van der Waals surface area (Å²) in [5.41, 5.74) is 0.120. The van der Waals surface area contributed by atoms with Crippen molar-refractivity contribution in [3.05, 3.63) is 35.4 Å². The Hall–Kier alpha value is -1.00. The molecule has 0 aliphatic carbocycles. The van der Waals surface area contributed by atoms with E-state index in [2.05, 4.69) is 5.32 Å². The minimum Gasteiger partial charge on any atom is -0.375 e. The zero-order chi connectivity index (χ0) is 14.0. The molecule has 0 amide bonds. The van der Waals surface area contributed by atoms with E-state index in [9.17, 15) is 8.78 Å². The van der Waals surface area contributed by atoms with E-state index >= 15 is 0 Å². The van der Waals surface area contributed by atoms with Crippen molar-refractivity contribution in [2.24, 2.45) is 0 Å². The van der Waals surface area contributed by atoms with Crippen LogP contribution < -0.4 is 5.32 Å². The number of hydrogen-bond acceptors (Lipinski definition) is 2. The summed E-state index contributed by atoms with van der Waals surface area (Å²) in [7, 11) is 0. The van der Waals surface area contributed by atoms with Gasteiger partial charge in [-0.15, -0.1) is 0 Å². The second-order valence-corrected chi connectivity index (χ2v) is 5.45. The Morgan fingerprint density at radius 3 is 2.21 bits per heavy atom. The van der Waals surface area contributed by atoms with E-state index in [4.69, 9.17) is 4.74 Å². The second-order valence-electron chi connectivity index (χ2n) is 5.45. The monoisotopic (exact) mass is 269 g/mol. The van der Waals surface area contributed by atoms with E-state index in [1.807, 2.05) is 13.8 Å². The van der Waals surface area contributed by atoms with Crippen LogP contribution in [0.3, 0.4) is 0 Å². The molecule has 0 radical (unpaired) electrons. The van der Waals surface area contributed by atoms with Gasteiger partial charge >= 0.3 is 0 Å². The van der Waals surface area contributed by atoms with Crippen LogP contribution in [0.5, 0.6) is 0 Å². The molecule has 1 saturated heterocycles. The summed E-state index contributed by atoms with van der Waals surface area (Å²) in [5.74, 6) is -0.985. The Balaban J connectivity index is 2.06. The number of nitrogens with one attached hydrogen (secondary N) is 1. The smallest absolute Gasteiger partial charge is 0.130 e. The fourth-order valence-electron chi connectivity index (χ4n) is 2.90. The van der Waals surface area contributed by atoms with Crippen molar-refractivity contribution in [1.82, 2.24) is 5.32 Å².